The summed E-state index contributed by atoms with van der Waals surface area (Å²) >= 11 is 1.53. The second-order valence-corrected chi connectivity index (χ2v) is 9.70. The highest BCUT2D eigenvalue weighted by Crippen LogP contribution is 2.35. The summed E-state index contributed by atoms with van der Waals surface area (Å²) in [7, 11) is 1.58. The van der Waals surface area contributed by atoms with Gasteiger partial charge in [0.05, 0.1) is 12.4 Å². The summed E-state index contributed by atoms with van der Waals surface area (Å²) in [5.41, 5.74) is 1.11. The normalized spacial score (nSPS) is 23.6. The topological polar surface area (TPSA) is 50.2 Å². The van der Waals surface area contributed by atoms with Crippen molar-refractivity contribution in [3.63, 3.8) is 0 Å². The van der Waals surface area contributed by atoms with Crippen molar-refractivity contribution < 1.29 is 9.47 Å². The molecule has 0 saturated carbocycles. The molecule has 3 heterocycles. The van der Waals surface area contributed by atoms with Gasteiger partial charge in [0.15, 0.2) is 0 Å². The molecule has 150 valence electrons. The van der Waals surface area contributed by atoms with Gasteiger partial charge in [-0.3, -0.25) is 4.90 Å². The standard InChI is InChI=1S/C20H32N4O2S/c1-19(2,3)24-11-9-23(10-12-24)17-8-7-15(14-21-17)13-16-20(4,5)26-18(25-6)22-27-16/h7-8,14,16H,9-13H2,1-6H3. The van der Waals surface area contributed by atoms with Crippen molar-refractivity contribution in [3.05, 3.63) is 23.9 Å². The van der Waals surface area contributed by atoms with E-state index in [9.17, 15) is 0 Å². The van der Waals surface area contributed by atoms with Crippen molar-refractivity contribution in [1.82, 2.24) is 9.88 Å². The highest BCUT2D eigenvalue weighted by Gasteiger charge is 2.37. The van der Waals surface area contributed by atoms with Crippen LogP contribution in [0.5, 0.6) is 0 Å². The van der Waals surface area contributed by atoms with Crippen LogP contribution < -0.4 is 4.90 Å². The molecule has 0 amide bonds. The maximum absolute atomic E-state index is 5.84. The summed E-state index contributed by atoms with van der Waals surface area (Å²) in [4.78, 5) is 9.65. The maximum Gasteiger partial charge on any atom is 0.395 e. The predicted octanol–water partition coefficient (Wildman–Crippen LogP) is 3.37. The molecule has 1 unspecified atom stereocenters. The number of hydrogen-bond donors (Lipinski definition) is 0. The first kappa shape index (κ1) is 20.3. The lowest BCUT2D eigenvalue weighted by atomic mass is 9.98. The zero-order valence-corrected chi connectivity index (χ0v) is 18.2. The highest BCUT2D eigenvalue weighted by atomic mass is 32.2. The number of pyridine rings is 1. The highest BCUT2D eigenvalue weighted by molar-refractivity contribution is 7.98. The van der Waals surface area contributed by atoms with E-state index in [0.29, 0.717) is 6.08 Å². The van der Waals surface area contributed by atoms with E-state index in [2.05, 4.69) is 60.9 Å². The minimum absolute atomic E-state index is 0.222. The van der Waals surface area contributed by atoms with Gasteiger partial charge < -0.3 is 14.4 Å². The van der Waals surface area contributed by atoms with E-state index in [1.54, 1.807) is 7.11 Å². The summed E-state index contributed by atoms with van der Waals surface area (Å²) in [5.74, 6) is 1.07. The van der Waals surface area contributed by atoms with Crippen LogP contribution in [0, 0.1) is 0 Å². The van der Waals surface area contributed by atoms with Crippen LogP contribution in [-0.2, 0) is 15.9 Å². The van der Waals surface area contributed by atoms with Gasteiger partial charge in [-0.1, -0.05) is 6.07 Å². The lowest BCUT2D eigenvalue weighted by molar-refractivity contribution is 0.0481. The average Bonchev–Trinajstić information content (AvgIpc) is 2.63. The second kappa shape index (κ2) is 7.87. The van der Waals surface area contributed by atoms with E-state index >= 15 is 0 Å². The van der Waals surface area contributed by atoms with Gasteiger partial charge >= 0.3 is 6.08 Å². The molecule has 0 radical (unpaired) electrons. The SMILES string of the molecule is COC1=NSC(Cc2ccc(N3CCN(C(C)(C)C)CC3)nc2)C(C)(C)O1. The summed E-state index contributed by atoms with van der Waals surface area (Å²) in [5, 5.41) is 0.222. The van der Waals surface area contributed by atoms with Gasteiger partial charge in [0, 0.05) is 37.9 Å². The largest absolute Gasteiger partial charge is 0.453 e. The fourth-order valence-corrected chi connectivity index (χ4v) is 4.34. The van der Waals surface area contributed by atoms with Crippen LogP contribution >= 0.6 is 11.9 Å². The monoisotopic (exact) mass is 392 g/mol. The van der Waals surface area contributed by atoms with Crippen molar-refractivity contribution in [2.24, 2.45) is 4.40 Å². The molecule has 0 N–H and O–H groups in total. The number of nitrogens with zero attached hydrogens (tertiary/aromatic N) is 4. The Morgan fingerprint density at radius 3 is 2.44 bits per heavy atom. The van der Waals surface area contributed by atoms with E-state index in [-0.39, 0.29) is 16.4 Å². The van der Waals surface area contributed by atoms with Crippen molar-refractivity contribution in [2.45, 2.75) is 57.4 Å². The number of hydrogen-bond acceptors (Lipinski definition) is 7. The third kappa shape index (κ3) is 4.88. The molecule has 0 aromatic carbocycles. The van der Waals surface area contributed by atoms with Gasteiger partial charge in [-0.15, -0.1) is 4.40 Å². The van der Waals surface area contributed by atoms with Crippen molar-refractivity contribution in [3.8, 4) is 0 Å². The molecule has 1 fully saturated rings. The Labute approximate surface area is 167 Å². The molecule has 6 nitrogen and oxygen atoms in total. The number of piperazine rings is 1. The zero-order valence-electron chi connectivity index (χ0n) is 17.4. The average molecular weight is 393 g/mol. The Hall–Kier alpha value is -1.47. The minimum Gasteiger partial charge on any atom is -0.453 e. The van der Waals surface area contributed by atoms with Crippen LogP contribution in [0.3, 0.4) is 0 Å². The molecule has 7 heteroatoms. The quantitative estimate of drug-likeness (QED) is 0.735. The Morgan fingerprint density at radius 2 is 1.93 bits per heavy atom. The molecule has 0 aliphatic carbocycles. The molecular formula is C20H32N4O2S. The molecule has 3 rings (SSSR count). The smallest absolute Gasteiger partial charge is 0.395 e. The molecule has 1 aromatic heterocycles. The third-order valence-electron chi connectivity index (χ3n) is 5.34. The fourth-order valence-electron chi connectivity index (χ4n) is 3.45. The number of methoxy groups -OCH3 is 1. The van der Waals surface area contributed by atoms with Crippen LogP contribution in [0.4, 0.5) is 5.82 Å². The maximum atomic E-state index is 5.84. The first-order valence-corrected chi connectivity index (χ1v) is 10.4. The molecular weight excluding hydrogens is 360 g/mol. The molecule has 0 bridgehead atoms. The van der Waals surface area contributed by atoms with Crippen LogP contribution in [0.15, 0.2) is 22.7 Å². The lowest BCUT2D eigenvalue weighted by Crippen LogP contribution is -2.53. The van der Waals surface area contributed by atoms with Gasteiger partial charge in [-0.05, 0) is 64.6 Å². The molecule has 2 aliphatic heterocycles. The first-order chi connectivity index (χ1) is 12.7. The molecule has 1 atom stereocenters. The van der Waals surface area contributed by atoms with E-state index < -0.39 is 0 Å². The summed E-state index contributed by atoms with van der Waals surface area (Å²) < 4.78 is 15.3. The van der Waals surface area contributed by atoms with Crippen molar-refractivity contribution in [1.29, 1.82) is 0 Å². The van der Waals surface area contributed by atoms with Crippen molar-refractivity contribution >= 4 is 23.8 Å². The predicted molar refractivity (Wildman–Crippen MR) is 112 cm³/mol. The van der Waals surface area contributed by atoms with Gasteiger partial charge in [-0.2, -0.15) is 0 Å². The van der Waals surface area contributed by atoms with E-state index in [1.165, 1.54) is 17.5 Å². The van der Waals surface area contributed by atoms with Gasteiger partial charge in [0.25, 0.3) is 0 Å². The Bertz CT molecular complexity index is 662. The summed E-state index contributed by atoms with van der Waals surface area (Å²) in [6.45, 7) is 15.2. The fraction of sp³-hybridized carbons (Fsp3) is 0.700. The Balaban J connectivity index is 1.59. The first-order valence-electron chi connectivity index (χ1n) is 9.61. The van der Waals surface area contributed by atoms with E-state index in [4.69, 9.17) is 14.5 Å². The minimum atomic E-state index is -0.334. The van der Waals surface area contributed by atoms with Gasteiger partial charge in [-0.25, -0.2) is 4.98 Å². The molecule has 1 aromatic rings. The van der Waals surface area contributed by atoms with Crippen LogP contribution in [0.1, 0.15) is 40.2 Å². The van der Waals surface area contributed by atoms with Crippen molar-refractivity contribution in [2.75, 3.05) is 38.2 Å². The molecule has 27 heavy (non-hydrogen) atoms. The van der Waals surface area contributed by atoms with Gasteiger partial charge in [0.1, 0.15) is 11.4 Å². The molecule has 0 spiro atoms. The second-order valence-electron chi connectivity index (χ2n) is 8.73. The van der Waals surface area contributed by atoms with Crippen LogP contribution in [0.2, 0.25) is 0 Å². The van der Waals surface area contributed by atoms with Gasteiger partial charge in [0.2, 0.25) is 0 Å². The number of aromatic nitrogens is 1. The number of anilines is 1. The summed E-state index contributed by atoms with van der Waals surface area (Å²) in [6.07, 6.45) is 3.21. The third-order valence-corrected chi connectivity index (χ3v) is 6.58. The number of ether oxygens (including phenoxy) is 2. The van der Waals surface area contributed by atoms with Crippen LogP contribution in [0.25, 0.3) is 0 Å². The lowest BCUT2D eigenvalue weighted by Gasteiger charge is -2.42. The van der Waals surface area contributed by atoms with E-state index in [1.807, 2.05) is 6.20 Å². The van der Waals surface area contributed by atoms with Crippen LogP contribution in [-0.4, -0.2) is 65.6 Å². The Morgan fingerprint density at radius 1 is 1.22 bits per heavy atom. The number of rotatable bonds is 3. The molecule has 2 aliphatic rings. The zero-order chi connectivity index (χ0) is 19.7. The molecule has 1 saturated heterocycles. The Kier molecular flexibility index (Phi) is 5.91. The van der Waals surface area contributed by atoms with E-state index in [0.717, 1.165) is 38.4 Å². The summed E-state index contributed by atoms with van der Waals surface area (Å²) in [6, 6.07) is 4.33.